The molecule has 17 heavy (non-hydrogen) atoms. The van der Waals surface area contributed by atoms with Crippen molar-refractivity contribution >= 4 is 21.8 Å². The third-order valence-corrected chi connectivity index (χ3v) is 3.61. The van der Waals surface area contributed by atoms with Crippen molar-refractivity contribution in [2.75, 3.05) is 0 Å². The van der Waals surface area contributed by atoms with Crippen molar-refractivity contribution in [3.8, 4) is 0 Å². The van der Waals surface area contributed by atoms with Gasteiger partial charge in [0, 0.05) is 12.1 Å². The van der Waals surface area contributed by atoms with Gasteiger partial charge in [0.2, 0.25) is 0 Å². The molecule has 1 aromatic heterocycles. The monoisotopic (exact) mass is 300 g/mol. The molecule has 1 amide bonds. The second kappa shape index (κ2) is 5.69. The van der Waals surface area contributed by atoms with Crippen molar-refractivity contribution in [2.24, 2.45) is 5.73 Å². The van der Waals surface area contributed by atoms with E-state index in [1.165, 1.54) is 6.42 Å². The van der Waals surface area contributed by atoms with Gasteiger partial charge in [-0.25, -0.2) is 0 Å². The SMILES string of the molecule is NC1CCCCCC1NC(=O)c1ccc(Br)o1. The zero-order valence-corrected chi connectivity index (χ0v) is 11.2. The first kappa shape index (κ1) is 12.6. The van der Waals surface area contributed by atoms with Crippen LogP contribution in [0, 0.1) is 0 Å². The summed E-state index contributed by atoms with van der Waals surface area (Å²) in [5, 5.41) is 2.96. The number of hydrogen-bond donors (Lipinski definition) is 2. The maximum Gasteiger partial charge on any atom is 0.287 e. The summed E-state index contributed by atoms with van der Waals surface area (Å²) in [7, 11) is 0. The number of rotatable bonds is 2. The van der Waals surface area contributed by atoms with Crippen LogP contribution in [0.15, 0.2) is 21.2 Å². The van der Waals surface area contributed by atoms with Crippen LogP contribution in [0.2, 0.25) is 0 Å². The number of halogens is 1. The largest absolute Gasteiger partial charge is 0.444 e. The Bertz CT molecular complexity index is 392. The molecule has 1 heterocycles. The van der Waals surface area contributed by atoms with Crippen LogP contribution in [0.1, 0.15) is 42.7 Å². The Labute approximate surface area is 109 Å². The maximum atomic E-state index is 11.9. The van der Waals surface area contributed by atoms with E-state index in [1.807, 2.05) is 0 Å². The molecule has 0 spiro atoms. The van der Waals surface area contributed by atoms with Gasteiger partial charge in [0.05, 0.1) is 0 Å². The standard InChI is InChI=1S/C12H17BrN2O2/c13-11-7-6-10(17-11)12(16)15-9-5-3-1-2-4-8(9)14/h6-9H,1-5,14H2,(H,15,16). The minimum absolute atomic E-state index is 0.0554. The molecule has 1 aliphatic rings. The first-order valence-electron chi connectivity index (χ1n) is 5.98. The van der Waals surface area contributed by atoms with Gasteiger partial charge in [-0.15, -0.1) is 0 Å². The highest BCUT2D eigenvalue weighted by Gasteiger charge is 2.23. The lowest BCUT2D eigenvalue weighted by Gasteiger charge is -2.22. The molecule has 1 aliphatic carbocycles. The lowest BCUT2D eigenvalue weighted by atomic mass is 10.0. The van der Waals surface area contributed by atoms with Crippen molar-refractivity contribution in [2.45, 2.75) is 44.2 Å². The molecule has 0 aliphatic heterocycles. The van der Waals surface area contributed by atoms with E-state index in [0.717, 1.165) is 25.7 Å². The van der Waals surface area contributed by atoms with Crippen LogP contribution in [0.3, 0.4) is 0 Å². The van der Waals surface area contributed by atoms with Crippen molar-refractivity contribution in [1.82, 2.24) is 5.32 Å². The van der Waals surface area contributed by atoms with Crippen LogP contribution in [-0.4, -0.2) is 18.0 Å². The molecule has 0 aromatic carbocycles. The first-order valence-corrected chi connectivity index (χ1v) is 6.78. The fraction of sp³-hybridized carbons (Fsp3) is 0.583. The van der Waals surface area contributed by atoms with Crippen molar-refractivity contribution in [1.29, 1.82) is 0 Å². The van der Waals surface area contributed by atoms with E-state index in [2.05, 4.69) is 21.2 Å². The van der Waals surface area contributed by atoms with Gasteiger partial charge in [0.1, 0.15) is 0 Å². The Balaban J connectivity index is 1.97. The topological polar surface area (TPSA) is 68.3 Å². The van der Waals surface area contributed by atoms with Gasteiger partial charge >= 0.3 is 0 Å². The Hall–Kier alpha value is -0.810. The average Bonchev–Trinajstić information content (AvgIpc) is 2.63. The van der Waals surface area contributed by atoms with Gasteiger partial charge in [0.25, 0.3) is 5.91 Å². The van der Waals surface area contributed by atoms with Crippen LogP contribution < -0.4 is 11.1 Å². The number of nitrogens with one attached hydrogen (secondary N) is 1. The average molecular weight is 301 g/mol. The number of amides is 1. The molecule has 5 heteroatoms. The maximum absolute atomic E-state index is 11.9. The van der Waals surface area contributed by atoms with Gasteiger partial charge in [-0.3, -0.25) is 4.79 Å². The van der Waals surface area contributed by atoms with Gasteiger partial charge in [-0.1, -0.05) is 19.3 Å². The van der Waals surface area contributed by atoms with E-state index in [9.17, 15) is 4.79 Å². The smallest absolute Gasteiger partial charge is 0.287 e. The van der Waals surface area contributed by atoms with Crippen LogP contribution in [0.25, 0.3) is 0 Å². The Morgan fingerprint density at radius 3 is 2.82 bits per heavy atom. The van der Waals surface area contributed by atoms with Crippen molar-refractivity contribution in [3.05, 3.63) is 22.6 Å². The molecule has 4 nitrogen and oxygen atoms in total. The molecule has 1 aromatic rings. The molecule has 0 bridgehead atoms. The minimum atomic E-state index is -0.182. The molecule has 1 saturated carbocycles. The van der Waals surface area contributed by atoms with E-state index < -0.39 is 0 Å². The zero-order chi connectivity index (χ0) is 12.3. The highest BCUT2D eigenvalue weighted by Crippen LogP contribution is 2.18. The quantitative estimate of drug-likeness (QED) is 0.824. The molecule has 2 rings (SSSR count). The molecular weight excluding hydrogens is 284 g/mol. The van der Waals surface area contributed by atoms with Crippen molar-refractivity contribution < 1.29 is 9.21 Å². The predicted molar refractivity (Wildman–Crippen MR) is 68.7 cm³/mol. The molecular formula is C12H17BrN2O2. The summed E-state index contributed by atoms with van der Waals surface area (Å²) in [5.41, 5.74) is 6.06. The van der Waals surface area contributed by atoms with Gasteiger partial charge < -0.3 is 15.5 Å². The van der Waals surface area contributed by atoms with E-state index in [1.54, 1.807) is 12.1 Å². The predicted octanol–water partition coefficient (Wildman–Crippen LogP) is 2.43. The summed E-state index contributed by atoms with van der Waals surface area (Å²) in [6, 6.07) is 3.48. The molecule has 2 unspecified atom stereocenters. The Morgan fingerprint density at radius 2 is 2.12 bits per heavy atom. The summed E-state index contributed by atoms with van der Waals surface area (Å²) < 4.78 is 5.78. The third kappa shape index (κ3) is 3.33. The van der Waals surface area contributed by atoms with Crippen LogP contribution in [0.4, 0.5) is 0 Å². The summed E-state index contributed by atoms with van der Waals surface area (Å²) >= 11 is 3.18. The highest BCUT2D eigenvalue weighted by atomic mass is 79.9. The Kier molecular flexibility index (Phi) is 4.23. The molecule has 0 radical (unpaired) electrons. The molecule has 0 saturated heterocycles. The zero-order valence-electron chi connectivity index (χ0n) is 9.62. The van der Waals surface area contributed by atoms with E-state index >= 15 is 0 Å². The minimum Gasteiger partial charge on any atom is -0.444 e. The summed E-state index contributed by atoms with van der Waals surface area (Å²) in [5.74, 6) is 0.145. The summed E-state index contributed by atoms with van der Waals surface area (Å²) in [4.78, 5) is 11.9. The van der Waals surface area contributed by atoms with E-state index in [0.29, 0.717) is 10.4 Å². The normalized spacial score (nSPS) is 25.3. The van der Waals surface area contributed by atoms with E-state index in [-0.39, 0.29) is 18.0 Å². The number of furan rings is 1. The Morgan fingerprint density at radius 1 is 1.35 bits per heavy atom. The molecule has 1 fully saturated rings. The van der Waals surface area contributed by atoms with E-state index in [4.69, 9.17) is 10.2 Å². The lowest BCUT2D eigenvalue weighted by molar-refractivity contribution is 0.0899. The van der Waals surface area contributed by atoms with Gasteiger partial charge in [-0.05, 0) is 40.9 Å². The fourth-order valence-corrected chi connectivity index (χ4v) is 2.50. The second-order valence-electron chi connectivity index (χ2n) is 4.49. The lowest BCUT2D eigenvalue weighted by Crippen LogP contribution is -2.46. The van der Waals surface area contributed by atoms with Crippen LogP contribution >= 0.6 is 15.9 Å². The first-order chi connectivity index (χ1) is 8.16. The number of carbonyl (C=O) groups is 1. The number of carbonyl (C=O) groups excluding carboxylic acids is 1. The molecule has 2 atom stereocenters. The fourth-order valence-electron chi connectivity index (χ4n) is 2.19. The van der Waals surface area contributed by atoms with Crippen LogP contribution in [-0.2, 0) is 0 Å². The number of hydrogen-bond acceptors (Lipinski definition) is 3. The summed E-state index contributed by atoms with van der Waals surface area (Å²) in [6.45, 7) is 0. The van der Waals surface area contributed by atoms with Crippen LogP contribution in [0.5, 0.6) is 0 Å². The molecule has 94 valence electrons. The van der Waals surface area contributed by atoms with Crippen molar-refractivity contribution in [3.63, 3.8) is 0 Å². The van der Waals surface area contributed by atoms with Gasteiger partial charge in [-0.2, -0.15) is 0 Å². The highest BCUT2D eigenvalue weighted by molar-refractivity contribution is 9.10. The summed E-state index contributed by atoms with van der Waals surface area (Å²) in [6.07, 6.45) is 5.41. The number of nitrogens with two attached hydrogens (primary N) is 1. The third-order valence-electron chi connectivity index (χ3n) is 3.18. The second-order valence-corrected chi connectivity index (χ2v) is 5.27. The van der Waals surface area contributed by atoms with Gasteiger partial charge in [0.15, 0.2) is 10.4 Å². The molecule has 3 N–H and O–H groups in total.